The highest BCUT2D eigenvalue weighted by Crippen LogP contribution is 2.09. The third kappa shape index (κ3) is 4.21. The highest BCUT2D eigenvalue weighted by molar-refractivity contribution is 5.92. The van der Waals surface area contributed by atoms with Gasteiger partial charge in [-0.25, -0.2) is 4.79 Å². The van der Waals surface area contributed by atoms with Crippen molar-refractivity contribution in [2.75, 3.05) is 32.8 Å². The Balaban J connectivity index is 1.87. The molecule has 0 aliphatic carbocycles. The number of aromatic amines is 1. The topological polar surface area (TPSA) is 78.5 Å². The normalized spacial score (nSPS) is 16.0. The molecule has 1 fully saturated rings. The van der Waals surface area contributed by atoms with Gasteiger partial charge >= 0.3 is 6.09 Å². The lowest BCUT2D eigenvalue weighted by molar-refractivity contribution is 0.0741. The van der Waals surface area contributed by atoms with Gasteiger partial charge in [0.15, 0.2) is 0 Å². The zero-order valence-electron chi connectivity index (χ0n) is 12.5. The maximum atomic E-state index is 12.2. The van der Waals surface area contributed by atoms with Crippen molar-refractivity contribution in [2.45, 2.75) is 20.3 Å². The van der Waals surface area contributed by atoms with E-state index in [0.717, 1.165) is 6.42 Å². The van der Waals surface area contributed by atoms with Gasteiger partial charge in [-0.3, -0.25) is 9.89 Å². The summed E-state index contributed by atoms with van der Waals surface area (Å²) in [6.45, 7) is 6.67. The van der Waals surface area contributed by atoms with E-state index >= 15 is 0 Å². The Labute approximate surface area is 124 Å². The molecule has 0 radical (unpaired) electrons. The predicted octanol–water partition coefficient (Wildman–Crippen LogP) is 1.35. The quantitative estimate of drug-likeness (QED) is 0.912. The molecule has 2 rings (SSSR count). The van der Waals surface area contributed by atoms with Gasteiger partial charge in [-0.1, -0.05) is 13.8 Å². The second kappa shape index (κ2) is 7.10. The Morgan fingerprint density at radius 1 is 1.29 bits per heavy atom. The summed E-state index contributed by atoms with van der Waals surface area (Å²) in [5, 5.41) is 6.46. The van der Waals surface area contributed by atoms with Crippen molar-refractivity contribution >= 4 is 12.0 Å². The van der Waals surface area contributed by atoms with Crippen LogP contribution in [0.1, 0.15) is 30.8 Å². The molecule has 1 aliphatic heterocycles. The summed E-state index contributed by atoms with van der Waals surface area (Å²) in [7, 11) is 0. The van der Waals surface area contributed by atoms with Crippen molar-refractivity contribution in [3.8, 4) is 0 Å². The minimum atomic E-state index is -0.292. The van der Waals surface area contributed by atoms with Crippen molar-refractivity contribution in [1.82, 2.24) is 20.0 Å². The van der Waals surface area contributed by atoms with Gasteiger partial charge in [0.2, 0.25) is 0 Å². The fourth-order valence-corrected chi connectivity index (χ4v) is 2.18. The number of ether oxygens (including phenoxy) is 1. The molecule has 0 aromatic carbocycles. The van der Waals surface area contributed by atoms with Gasteiger partial charge in [-0.2, -0.15) is 5.10 Å². The maximum Gasteiger partial charge on any atom is 0.409 e. The molecule has 1 aromatic rings. The predicted molar refractivity (Wildman–Crippen MR) is 76.9 cm³/mol. The number of amides is 2. The van der Waals surface area contributed by atoms with E-state index in [9.17, 15) is 9.59 Å². The molecule has 2 amide bonds. The molecule has 0 unspecified atom stereocenters. The smallest absolute Gasteiger partial charge is 0.409 e. The number of hydrogen-bond acceptors (Lipinski definition) is 4. The molecular weight excluding hydrogens is 272 g/mol. The minimum Gasteiger partial charge on any atom is -0.449 e. The van der Waals surface area contributed by atoms with Crippen molar-refractivity contribution < 1.29 is 14.3 Å². The molecule has 0 saturated carbocycles. The fraction of sp³-hybridized carbons (Fsp3) is 0.643. The van der Waals surface area contributed by atoms with Gasteiger partial charge in [0, 0.05) is 32.4 Å². The molecule has 1 aliphatic rings. The highest BCUT2D eigenvalue weighted by atomic mass is 16.6. The van der Waals surface area contributed by atoms with Gasteiger partial charge in [0.1, 0.15) is 5.69 Å². The monoisotopic (exact) mass is 294 g/mol. The Morgan fingerprint density at radius 2 is 2.00 bits per heavy atom. The Bertz CT molecular complexity index is 473. The van der Waals surface area contributed by atoms with Crippen molar-refractivity contribution in [3.63, 3.8) is 0 Å². The molecule has 116 valence electrons. The first-order chi connectivity index (χ1) is 10.1. The second-order valence-corrected chi connectivity index (χ2v) is 5.57. The first-order valence-corrected chi connectivity index (χ1v) is 7.28. The largest absolute Gasteiger partial charge is 0.449 e. The number of nitrogens with zero attached hydrogens (tertiary/aromatic N) is 3. The van der Waals surface area contributed by atoms with Crippen LogP contribution in [0.3, 0.4) is 0 Å². The number of carbonyl (C=O) groups excluding carboxylic acids is 2. The summed E-state index contributed by atoms with van der Waals surface area (Å²) < 4.78 is 5.23. The summed E-state index contributed by atoms with van der Waals surface area (Å²) >= 11 is 0. The van der Waals surface area contributed by atoms with Crippen molar-refractivity contribution in [1.29, 1.82) is 0 Å². The molecule has 1 N–H and O–H groups in total. The maximum absolute atomic E-state index is 12.2. The van der Waals surface area contributed by atoms with Crippen LogP contribution in [-0.2, 0) is 4.74 Å². The van der Waals surface area contributed by atoms with Crippen LogP contribution >= 0.6 is 0 Å². The van der Waals surface area contributed by atoms with E-state index in [1.807, 2.05) is 13.8 Å². The van der Waals surface area contributed by atoms with E-state index in [4.69, 9.17) is 4.74 Å². The summed E-state index contributed by atoms with van der Waals surface area (Å²) in [6.07, 6.45) is 2.01. The van der Waals surface area contributed by atoms with Crippen LogP contribution in [0.15, 0.2) is 12.3 Å². The van der Waals surface area contributed by atoms with Crippen molar-refractivity contribution in [3.05, 3.63) is 18.0 Å². The van der Waals surface area contributed by atoms with Crippen LogP contribution in [-0.4, -0.2) is 64.8 Å². The average Bonchev–Trinajstić information content (AvgIpc) is 2.88. The van der Waals surface area contributed by atoms with Crippen LogP contribution in [0, 0.1) is 5.92 Å². The van der Waals surface area contributed by atoms with E-state index in [1.165, 1.54) is 0 Å². The summed E-state index contributed by atoms with van der Waals surface area (Å²) in [4.78, 5) is 27.6. The number of carbonyl (C=O) groups is 2. The average molecular weight is 294 g/mol. The summed E-state index contributed by atoms with van der Waals surface area (Å²) in [5.74, 6) is 0.240. The second-order valence-electron chi connectivity index (χ2n) is 5.57. The van der Waals surface area contributed by atoms with E-state index in [-0.39, 0.29) is 12.0 Å². The molecule has 7 heteroatoms. The van der Waals surface area contributed by atoms with Crippen LogP contribution in [0.25, 0.3) is 0 Å². The van der Waals surface area contributed by atoms with E-state index in [1.54, 1.807) is 22.1 Å². The van der Waals surface area contributed by atoms with E-state index in [2.05, 4.69) is 10.2 Å². The van der Waals surface area contributed by atoms with Gasteiger partial charge in [0.25, 0.3) is 5.91 Å². The molecule has 1 saturated heterocycles. The van der Waals surface area contributed by atoms with Crippen LogP contribution in [0.2, 0.25) is 0 Å². The third-order valence-electron chi connectivity index (χ3n) is 3.31. The molecular formula is C14H22N4O3. The SMILES string of the molecule is CC(C)COC(=O)N1CCCN(C(=O)c2ccn[nH]2)CC1. The zero-order valence-corrected chi connectivity index (χ0v) is 12.5. The van der Waals surface area contributed by atoms with Crippen LogP contribution < -0.4 is 0 Å². The Hall–Kier alpha value is -2.05. The summed E-state index contributed by atoms with van der Waals surface area (Å²) in [6, 6.07) is 1.65. The molecule has 7 nitrogen and oxygen atoms in total. The molecule has 0 bridgehead atoms. The lowest BCUT2D eigenvalue weighted by Gasteiger charge is -2.21. The molecule has 0 spiro atoms. The highest BCUT2D eigenvalue weighted by Gasteiger charge is 2.24. The number of hydrogen-bond donors (Lipinski definition) is 1. The summed E-state index contributed by atoms with van der Waals surface area (Å²) in [5.41, 5.74) is 0.478. The Kier molecular flexibility index (Phi) is 5.19. The molecule has 2 heterocycles. The number of aromatic nitrogens is 2. The van der Waals surface area contributed by atoms with Crippen LogP contribution in [0.4, 0.5) is 4.79 Å². The minimum absolute atomic E-state index is 0.0788. The lowest BCUT2D eigenvalue weighted by atomic mass is 10.2. The van der Waals surface area contributed by atoms with Crippen molar-refractivity contribution in [2.24, 2.45) is 5.92 Å². The number of nitrogens with one attached hydrogen (secondary N) is 1. The zero-order chi connectivity index (χ0) is 15.2. The van der Waals surface area contributed by atoms with Crippen LogP contribution in [0.5, 0.6) is 0 Å². The van der Waals surface area contributed by atoms with Gasteiger partial charge in [0.05, 0.1) is 6.61 Å². The number of H-pyrrole nitrogens is 1. The standard InChI is InChI=1S/C14H22N4O3/c1-11(2)10-21-14(20)18-7-3-6-17(8-9-18)13(19)12-4-5-15-16-12/h4-5,11H,3,6-10H2,1-2H3,(H,15,16). The van der Waals surface area contributed by atoms with E-state index < -0.39 is 0 Å². The first-order valence-electron chi connectivity index (χ1n) is 7.28. The first kappa shape index (κ1) is 15.3. The van der Waals surface area contributed by atoms with Gasteiger partial charge in [-0.15, -0.1) is 0 Å². The number of rotatable bonds is 3. The Morgan fingerprint density at radius 3 is 2.67 bits per heavy atom. The third-order valence-corrected chi connectivity index (χ3v) is 3.31. The molecule has 21 heavy (non-hydrogen) atoms. The van der Waals surface area contributed by atoms with Gasteiger partial charge < -0.3 is 14.5 Å². The van der Waals surface area contributed by atoms with E-state index in [0.29, 0.717) is 44.4 Å². The fourth-order valence-electron chi connectivity index (χ4n) is 2.18. The molecule has 1 aromatic heterocycles. The lowest BCUT2D eigenvalue weighted by Crippen LogP contribution is -2.38. The molecule has 0 atom stereocenters. The van der Waals surface area contributed by atoms with Gasteiger partial charge in [-0.05, 0) is 18.4 Å².